The molecule has 0 heterocycles. The standard InChI is InChI=1S/C12H15Cl2N3/c1-17(2)7-6-16-11(8-15)12-9(13)4-3-5-10(12)14/h3-5,11,16H,6-7H2,1-2H3. The van der Waals surface area contributed by atoms with Crippen LogP contribution in [0.3, 0.4) is 0 Å². The highest BCUT2D eigenvalue weighted by molar-refractivity contribution is 6.36. The number of hydrogen-bond donors (Lipinski definition) is 1. The first-order valence-corrected chi connectivity index (χ1v) is 6.03. The van der Waals surface area contributed by atoms with E-state index in [0.717, 1.165) is 6.54 Å². The van der Waals surface area contributed by atoms with Crippen molar-refractivity contribution in [3.05, 3.63) is 33.8 Å². The van der Waals surface area contributed by atoms with Gasteiger partial charge >= 0.3 is 0 Å². The molecule has 0 bridgehead atoms. The topological polar surface area (TPSA) is 39.1 Å². The summed E-state index contributed by atoms with van der Waals surface area (Å²) in [4.78, 5) is 2.04. The fourth-order valence-corrected chi connectivity index (χ4v) is 2.05. The van der Waals surface area contributed by atoms with E-state index >= 15 is 0 Å². The van der Waals surface area contributed by atoms with E-state index in [0.29, 0.717) is 22.2 Å². The molecule has 92 valence electrons. The lowest BCUT2D eigenvalue weighted by Crippen LogP contribution is -2.29. The van der Waals surface area contributed by atoms with Crippen LogP contribution in [-0.4, -0.2) is 32.1 Å². The summed E-state index contributed by atoms with van der Waals surface area (Å²) >= 11 is 12.1. The van der Waals surface area contributed by atoms with Crippen LogP contribution < -0.4 is 5.32 Å². The van der Waals surface area contributed by atoms with Gasteiger partial charge in [-0.3, -0.25) is 5.32 Å². The van der Waals surface area contributed by atoms with E-state index < -0.39 is 6.04 Å². The Morgan fingerprint density at radius 3 is 2.41 bits per heavy atom. The number of nitrogens with one attached hydrogen (secondary N) is 1. The highest BCUT2D eigenvalue weighted by Gasteiger charge is 2.16. The summed E-state index contributed by atoms with van der Waals surface area (Å²) in [6.45, 7) is 1.55. The molecule has 1 N–H and O–H groups in total. The second kappa shape index (κ2) is 6.83. The van der Waals surface area contributed by atoms with Crippen molar-refractivity contribution in [3.8, 4) is 6.07 Å². The normalized spacial score (nSPS) is 12.5. The molecule has 1 unspecified atom stereocenters. The minimum atomic E-state index is -0.476. The van der Waals surface area contributed by atoms with Crippen molar-refractivity contribution in [2.75, 3.05) is 27.2 Å². The van der Waals surface area contributed by atoms with Gasteiger partial charge < -0.3 is 4.90 Å². The Morgan fingerprint density at radius 2 is 1.94 bits per heavy atom. The molecule has 1 aromatic rings. The maximum absolute atomic E-state index is 9.15. The zero-order valence-electron chi connectivity index (χ0n) is 9.87. The lowest BCUT2D eigenvalue weighted by molar-refractivity contribution is 0.395. The predicted molar refractivity (Wildman–Crippen MR) is 71.4 cm³/mol. The van der Waals surface area contributed by atoms with Crippen LogP contribution in [0.15, 0.2) is 18.2 Å². The van der Waals surface area contributed by atoms with E-state index in [1.165, 1.54) is 0 Å². The fraction of sp³-hybridized carbons (Fsp3) is 0.417. The average Bonchev–Trinajstić information content (AvgIpc) is 2.26. The summed E-state index contributed by atoms with van der Waals surface area (Å²) in [7, 11) is 3.96. The first kappa shape index (κ1) is 14.3. The van der Waals surface area contributed by atoms with Crippen LogP contribution in [0.4, 0.5) is 0 Å². The quantitative estimate of drug-likeness (QED) is 0.895. The lowest BCUT2D eigenvalue weighted by atomic mass is 10.1. The van der Waals surface area contributed by atoms with Crippen molar-refractivity contribution in [1.82, 2.24) is 10.2 Å². The van der Waals surface area contributed by atoms with Crippen LogP contribution in [0.25, 0.3) is 0 Å². The maximum Gasteiger partial charge on any atom is 0.124 e. The van der Waals surface area contributed by atoms with Gasteiger partial charge in [0.2, 0.25) is 0 Å². The van der Waals surface area contributed by atoms with Crippen LogP contribution in [0.5, 0.6) is 0 Å². The van der Waals surface area contributed by atoms with Gasteiger partial charge in [0.25, 0.3) is 0 Å². The predicted octanol–water partition coefficient (Wildman–Crippen LogP) is 2.71. The first-order valence-electron chi connectivity index (χ1n) is 5.28. The van der Waals surface area contributed by atoms with E-state index in [4.69, 9.17) is 28.5 Å². The number of hydrogen-bond acceptors (Lipinski definition) is 3. The smallest absolute Gasteiger partial charge is 0.124 e. The Kier molecular flexibility index (Phi) is 5.73. The molecule has 0 spiro atoms. The zero-order valence-corrected chi connectivity index (χ0v) is 11.4. The van der Waals surface area contributed by atoms with E-state index in [-0.39, 0.29) is 0 Å². The molecule has 0 radical (unpaired) electrons. The highest BCUT2D eigenvalue weighted by atomic mass is 35.5. The number of nitriles is 1. The number of halogens is 2. The molecular formula is C12H15Cl2N3. The Labute approximate surface area is 112 Å². The summed E-state index contributed by atoms with van der Waals surface area (Å²) in [5.74, 6) is 0. The third kappa shape index (κ3) is 4.18. The van der Waals surface area contributed by atoms with Crippen molar-refractivity contribution in [3.63, 3.8) is 0 Å². The minimum Gasteiger partial charge on any atom is -0.308 e. The summed E-state index contributed by atoms with van der Waals surface area (Å²) in [6, 6.07) is 6.94. The summed E-state index contributed by atoms with van der Waals surface area (Å²) in [6.07, 6.45) is 0. The van der Waals surface area contributed by atoms with Crippen molar-refractivity contribution < 1.29 is 0 Å². The highest BCUT2D eigenvalue weighted by Crippen LogP contribution is 2.29. The van der Waals surface area contributed by atoms with Gasteiger partial charge in [-0.05, 0) is 26.2 Å². The third-order valence-corrected chi connectivity index (χ3v) is 2.98. The van der Waals surface area contributed by atoms with Gasteiger partial charge in [-0.1, -0.05) is 29.3 Å². The van der Waals surface area contributed by atoms with Gasteiger partial charge in [0.05, 0.1) is 6.07 Å². The van der Waals surface area contributed by atoms with Crippen molar-refractivity contribution in [2.45, 2.75) is 6.04 Å². The zero-order chi connectivity index (χ0) is 12.8. The van der Waals surface area contributed by atoms with Gasteiger partial charge in [0.1, 0.15) is 6.04 Å². The molecule has 5 heteroatoms. The second-order valence-corrected chi connectivity index (χ2v) is 4.77. The van der Waals surface area contributed by atoms with Gasteiger partial charge in [0.15, 0.2) is 0 Å². The molecule has 0 amide bonds. The molecule has 0 aromatic heterocycles. The lowest BCUT2D eigenvalue weighted by Gasteiger charge is -2.16. The van der Waals surface area contributed by atoms with Gasteiger partial charge in [-0.15, -0.1) is 0 Å². The van der Waals surface area contributed by atoms with Crippen LogP contribution in [0.2, 0.25) is 10.0 Å². The van der Waals surface area contributed by atoms with Gasteiger partial charge in [0, 0.05) is 28.7 Å². The van der Waals surface area contributed by atoms with Crippen LogP contribution in [0.1, 0.15) is 11.6 Å². The largest absolute Gasteiger partial charge is 0.308 e. The van der Waals surface area contributed by atoms with Gasteiger partial charge in [-0.2, -0.15) is 5.26 Å². The first-order chi connectivity index (χ1) is 8.06. The van der Waals surface area contributed by atoms with E-state index in [1.54, 1.807) is 18.2 Å². The molecular weight excluding hydrogens is 257 g/mol. The summed E-state index contributed by atoms with van der Waals surface area (Å²) in [5, 5.41) is 13.3. The van der Waals surface area contributed by atoms with Crippen molar-refractivity contribution >= 4 is 23.2 Å². The Morgan fingerprint density at radius 1 is 1.35 bits per heavy atom. The summed E-state index contributed by atoms with van der Waals surface area (Å²) < 4.78 is 0. The maximum atomic E-state index is 9.15. The average molecular weight is 272 g/mol. The Bertz CT molecular complexity index is 392. The summed E-state index contributed by atoms with van der Waals surface area (Å²) in [5.41, 5.74) is 0.650. The van der Waals surface area contributed by atoms with Gasteiger partial charge in [-0.25, -0.2) is 0 Å². The van der Waals surface area contributed by atoms with Crippen molar-refractivity contribution in [1.29, 1.82) is 5.26 Å². The molecule has 1 rings (SSSR count). The SMILES string of the molecule is CN(C)CCNC(C#N)c1c(Cl)cccc1Cl. The Balaban J connectivity index is 2.77. The molecule has 3 nitrogen and oxygen atoms in total. The van der Waals surface area contributed by atoms with Crippen LogP contribution in [0, 0.1) is 11.3 Å². The van der Waals surface area contributed by atoms with Crippen LogP contribution in [-0.2, 0) is 0 Å². The number of benzene rings is 1. The number of nitrogens with zero attached hydrogens (tertiary/aromatic N) is 2. The molecule has 0 fully saturated rings. The molecule has 1 aromatic carbocycles. The van der Waals surface area contributed by atoms with Crippen LogP contribution >= 0.6 is 23.2 Å². The van der Waals surface area contributed by atoms with Crippen molar-refractivity contribution in [2.24, 2.45) is 0 Å². The number of rotatable bonds is 5. The Hall–Kier alpha value is -0.790. The fourth-order valence-electron chi connectivity index (χ4n) is 1.43. The van der Waals surface area contributed by atoms with E-state index in [1.807, 2.05) is 19.0 Å². The molecule has 0 aliphatic heterocycles. The second-order valence-electron chi connectivity index (χ2n) is 3.95. The van der Waals surface area contributed by atoms with E-state index in [2.05, 4.69) is 11.4 Å². The minimum absolute atomic E-state index is 0.476. The van der Waals surface area contributed by atoms with E-state index in [9.17, 15) is 0 Å². The molecule has 0 aliphatic rings. The number of likely N-dealkylation sites (N-methyl/N-ethyl adjacent to an activating group) is 1. The monoisotopic (exact) mass is 271 g/mol. The molecule has 0 aliphatic carbocycles. The third-order valence-electron chi connectivity index (χ3n) is 2.32. The molecule has 1 atom stereocenters. The molecule has 0 saturated carbocycles. The molecule has 17 heavy (non-hydrogen) atoms. The molecule has 0 saturated heterocycles.